The van der Waals surface area contributed by atoms with Crippen molar-refractivity contribution in [2.75, 3.05) is 13.1 Å². The average molecular weight is 298 g/mol. The Hall–Kier alpha value is -0.540. The number of aromatic hydroxyl groups is 1. The SMILES string of the molecule is CC(C)c1cc(O)c(C2CCCNC2)cc1Br. The lowest BCUT2D eigenvalue weighted by Gasteiger charge is -2.25. The van der Waals surface area contributed by atoms with Gasteiger partial charge < -0.3 is 10.4 Å². The second kappa shape index (κ2) is 5.40. The van der Waals surface area contributed by atoms with Crippen LogP contribution in [0.15, 0.2) is 16.6 Å². The van der Waals surface area contributed by atoms with Gasteiger partial charge in [-0.1, -0.05) is 29.8 Å². The van der Waals surface area contributed by atoms with Crippen LogP contribution in [0.5, 0.6) is 5.75 Å². The van der Waals surface area contributed by atoms with Gasteiger partial charge in [-0.3, -0.25) is 0 Å². The number of hydrogen-bond acceptors (Lipinski definition) is 2. The van der Waals surface area contributed by atoms with Crippen LogP contribution >= 0.6 is 15.9 Å². The Kier molecular flexibility index (Phi) is 4.10. The Morgan fingerprint density at radius 3 is 2.76 bits per heavy atom. The third-order valence-corrected chi connectivity index (χ3v) is 4.19. The summed E-state index contributed by atoms with van der Waals surface area (Å²) < 4.78 is 1.12. The third-order valence-electron chi connectivity index (χ3n) is 3.50. The fourth-order valence-electron chi connectivity index (χ4n) is 2.48. The highest BCUT2D eigenvalue weighted by Crippen LogP contribution is 2.37. The molecular formula is C14H20BrNO. The van der Waals surface area contributed by atoms with E-state index in [1.54, 1.807) is 0 Å². The van der Waals surface area contributed by atoms with Crippen LogP contribution in [0.25, 0.3) is 0 Å². The molecule has 0 aliphatic carbocycles. The molecule has 1 atom stereocenters. The fourth-order valence-corrected chi connectivity index (χ4v) is 3.30. The van der Waals surface area contributed by atoms with E-state index in [2.05, 4.69) is 41.2 Å². The summed E-state index contributed by atoms with van der Waals surface area (Å²) in [5, 5.41) is 13.6. The van der Waals surface area contributed by atoms with Gasteiger partial charge in [0.2, 0.25) is 0 Å². The summed E-state index contributed by atoms with van der Waals surface area (Å²) in [4.78, 5) is 0. The molecule has 1 aliphatic rings. The van der Waals surface area contributed by atoms with Crippen molar-refractivity contribution >= 4 is 15.9 Å². The van der Waals surface area contributed by atoms with E-state index >= 15 is 0 Å². The molecule has 0 spiro atoms. The number of piperidine rings is 1. The lowest BCUT2D eigenvalue weighted by atomic mass is 9.89. The molecule has 2 nitrogen and oxygen atoms in total. The minimum Gasteiger partial charge on any atom is -0.508 e. The number of phenols is 1. The van der Waals surface area contributed by atoms with Gasteiger partial charge in [-0.05, 0) is 48.6 Å². The summed E-state index contributed by atoms with van der Waals surface area (Å²) in [6.45, 7) is 6.35. The first-order valence-electron chi connectivity index (χ1n) is 6.32. The van der Waals surface area contributed by atoms with Gasteiger partial charge in [0.15, 0.2) is 0 Å². The maximum atomic E-state index is 10.2. The van der Waals surface area contributed by atoms with Gasteiger partial charge in [0.05, 0.1) is 0 Å². The second-order valence-electron chi connectivity index (χ2n) is 5.13. The zero-order valence-electron chi connectivity index (χ0n) is 10.5. The number of benzene rings is 1. The molecule has 1 heterocycles. The van der Waals surface area contributed by atoms with Crippen molar-refractivity contribution in [3.8, 4) is 5.75 Å². The van der Waals surface area contributed by atoms with Crippen molar-refractivity contribution in [3.05, 3.63) is 27.7 Å². The van der Waals surface area contributed by atoms with Gasteiger partial charge in [-0.2, -0.15) is 0 Å². The van der Waals surface area contributed by atoms with Crippen molar-refractivity contribution in [1.29, 1.82) is 0 Å². The standard InChI is InChI=1S/C14H20BrNO/c1-9(2)11-7-14(17)12(6-13(11)15)10-4-3-5-16-8-10/h6-7,9-10,16-17H,3-5,8H2,1-2H3. The van der Waals surface area contributed by atoms with Crippen LogP contribution in [0, 0.1) is 0 Å². The highest BCUT2D eigenvalue weighted by molar-refractivity contribution is 9.10. The number of nitrogens with one attached hydrogen (secondary N) is 1. The lowest BCUT2D eigenvalue weighted by Crippen LogP contribution is -2.28. The lowest BCUT2D eigenvalue weighted by molar-refractivity contribution is 0.424. The molecule has 1 aromatic carbocycles. The summed E-state index contributed by atoms with van der Waals surface area (Å²) in [6.07, 6.45) is 2.35. The van der Waals surface area contributed by atoms with E-state index < -0.39 is 0 Å². The summed E-state index contributed by atoms with van der Waals surface area (Å²) in [7, 11) is 0. The first-order valence-corrected chi connectivity index (χ1v) is 7.12. The Morgan fingerprint density at radius 1 is 1.41 bits per heavy atom. The van der Waals surface area contributed by atoms with E-state index in [9.17, 15) is 5.11 Å². The van der Waals surface area contributed by atoms with Crippen molar-refractivity contribution in [2.45, 2.75) is 38.5 Å². The third kappa shape index (κ3) is 2.83. The molecule has 0 bridgehead atoms. The Morgan fingerprint density at radius 2 is 2.18 bits per heavy atom. The molecule has 0 saturated carbocycles. The van der Waals surface area contributed by atoms with Crippen molar-refractivity contribution in [1.82, 2.24) is 5.32 Å². The molecule has 3 heteroatoms. The van der Waals surface area contributed by atoms with Gasteiger partial charge >= 0.3 is 0 Å². The average Bonchev–Trinajstić information content (AvgIpc) is 2.32. The zero-order chi connectivity index (χ0) is 12.4. The Balaban J connectivity index is 2.32. The second-order valence-corrected chi connectivity index (χ2v) is 5.98. The van der Waals surface area contributed by atoms with E-state index in [4.69, 9.17) is 0 Å². The Labute approximate surface area is 112 Å². The molecule has 1 saturated heterocycles. The molecule has 17 heavy (non-hydrogen) atoms. The van der Waals surface area contributed by atoms with Crippen LogP contribution in [0.1, 0.15) is 49.7 Å². The fraction of sp³-hybridized carbons (Fsp3) is 0.571. The predicted molar refractivity (Wildman–Crippen MR) is 74.7 cm³/mol. The summed E-state index contributed by atoms with van der Waals surface area (Å²) in [6, 6.07) is 4.01. The van der Waals surface area contributed by atoms with E-state index in [0.29, 0.717) is 17.6 Å². The van der Waals surface area contributed by atoms with Crippen LogP contribution in [-0.4, -0.2) is 18.2 Å². The number of phenolic OH excluding ortho intramolecular Hbond substituents is 1. The molecule has 2 rings (SSSR count). The molecule has 1 aliphatic heterocycles. The van der Waals surface area contributed by atoms with Crippen LogP contribution < -0.4 is 5.32 Å². The minimum absolute atomic E-state index is 0.425. The normalized spacial score (nSPS) is 20.8. The highest BCUT2D eigenvalue weighted by atomic mass is 79.9. The van der Waals surface area contributed by atoms with Crippen molar-refractivity contribution in [3.63, 3.8) is 0 Å². The first kappa shape index (κ1) is 12.9. The largest absolute Gasteiger partial charge is 0.508 e. The molecule has 0 aromatic heterocycles. The van der Waals surface area contributed by atoms with Crippen molar-refractivity contribution in [2.24, 2.45) is 0 Å². The molecular weight excluding hydrogens is 278 g/mol. The highest BCUT2D eigenvalue weighted by Gasteiger charge is 2.20. The molecule has 2 N–H and O–H groups in total. The predicted octanol–water partition coefficient (Wildman–Crippen LogP) is 3.75. The first-order chi connectivity index (χ1) is 8.09. The number of hydrogen-bond donors (Lipinski definition) is 2. The van der Waals surface area contributed by atoms with Crippen LogP contribution in [-0.2, 0) is 0 Å². The minimum atomic E-state index is 0.425. The van der Waals surface area contributed by atoms with E-state index in [-0.39, 0.29) is 0 Å². The van der Waals surface area contributed by atoms with Gasteiger partial charge in [0, 0.05) is 16.9 Å². The molecule has 1 unspecified atom stereocenters. The van der Waals surface area contributed by atoms with Crippen LogP contribution in [0.2, 0.25) is 0 Å². The molecule has 1 fully saturated rings. The maximum Gasteiger partial charge on any atom is 0.119 e. The monoisotopic (exact) mass is 297 g/mol. The summed E-state index contributed by atoms with van der Waals surface area (Å²) in [5.74, 6) is 1.32. The van der Waals surface area contributed by atoms with Crippen LogP contribution in [0.4, 0.5) is 0 Å². The zero-order valence-corrected chi connectivity index (χ0v) is 12.0. The molecule has 1 aromatic rings. The van der Waals surface area contributed by atoms with Gasteiger partial charge in [-0.25, -0.2) is 0 Å². The van der Waals surface area contributed by atoms with Gasteiger partial charge in [-0.15, -0.1) is 0 Å². The Bertz CT molecular complexity index is 397. The van der Waals surface area contributed by atoms with Crippen molar-refractivity contribution < 1.29 is 5.11 Å². The smallest absolute Gasteiger partial charge is 0.119 e. The summed E-state index contributed by atoms with van der Waals surface area (Å²) >= 11 is 3.62. The summed E-state index contributed by atoms with van der Waals surface area (Å²) in [5.41, 5.74) is 2.25. The molecule has 94 valence electrons. The van der Waals surface area contributed by atoms with E-state index in [1.165, 1.54) is 12.0 Å². The molecule has 0 radical (unpaired) electrons. The van der Waals surface area contributed by atoms with E-state index in [1.807, 2.05) is 6.07 Å². The number of halogens is 1. The van der Waals surface area contributed by atoms with Gasteiger partial charge in [0.25, 0.3) is 0 Å². The van der Waals surface area contributed by atoms with Crippen LogP contribution in [0.3, 0.4) is 0 Å². The quantitative estimate of drug-likeness (QED) is 0.871. The van der Waals surface area contributed by atoms with E-state index in [0.717, 1.165) is 29.5 Å². The topological polar surface area (TPSA) is 32.3 Å². The maximum absolute atomic E-state index is 10.2. The number of rotatable bonds is 2. The molecule has 0 amide bonds. The van der Waals surface area contributed by atoms with Gasteiger partial charge in [0.1, 0.15) is 5.75 Å².